The molecule has 0 fully saturated rings. The molecule has 1 atom stereocenters. The van der Waals surface area contributed by atoms with Crippen LogP contribution >= 0.6 is 0 Å². The van der Waals surface area contributed by atoms with Crippen LogP contribution in [-0.4, -0.2) is 40.9 Å². The second-order valence-electron chi connectivity index (χ2n) is 6.76. The normalized spacial score (nSPS) is 15.7. The van der Waals surface area contributed by atoms with Crippen LogP contribution in [-0.2, 0) is 4.79 Å². The van der Waals surface area contributed by atoms with E-state index in [4.69, 9.17) is 5.11 Å². The Labute approximate surface area is 142 Å². The van der Waals surface area contributed by atoms with E-state index in [2.05, 4.69) is 23.7 Å². The first-order valence-corrected chi connectivity index (χ1v) is 9.70. The molecule has 4 heteroatoms. The molecule has 1 rings (SSSR count). The van der Waals surface area contributed by atoms with E-state index >= 15 is 0 Å². The number of hydrogen-bond donors (Lipinski definition) is 1. The minimum atomic E-state index is -0.693. The van der Waals surface area contributed by atoms with Gasteiger partial charge in [0, 0.05) is 19.0 Å². The van der Waals surface area contributed by atoms with Crippen LogP contribution in [0, 0.1) is 0 Å². The van der Waals surface area contributed by atoms with Crippen LogP contribution in [0.2, 0.25) is 0 Å². The highest BCUT2D eigenvalue weighted by Crippen LogP contribution is 2.19. The smallest absolute Gasteiger partial charge is 0.305 e. The van der Waals surface area contributed by atoms with Gasteiger partial charge in [-0.3, -0.25) is 9.79 Å². The Morgan fingerprint density at radius 1 is 1.09 bits per heavy atom. The van der Waals surface area contributed by atoms with Gasteiger partial charge >= 0.3 is 5.97 Å². The monoisotopic (exact) mass is 324 g/mol. The number of carboxylic acids is 1. The highest BCUT2D eigenvalue weighted by atomic mass is 16.4. The maximum atomic E-state index is 11.1. The van der Waals surface area contributed by atoms with Gasteiger partial charge in [0.15, 0.2) is 0 Å². The lowest BCUT2D eigenvalue weighted by Crippen LogP contribution is -2.39. The Balaban J connectivity index is 2.25. The van der Waals surface area contributed by atoms with Crippen molar-refractivity contribution in [2.45, 2.75) is 96.9 Å². The van der Waals surface area contributed by atoms with Gasteiger partial charge in [0.25, 0.3) is 0 Å². The van der Waals surface area contributed by atoms with Crippen molar-refractivity contribution >= 4 is 11.8 Å². The van der Waals surface area contributed by atoms with Crippen LogP contribution in [0.15, 0.2) is 4.99 Å². The lowest BCUT2D eigenvalue weighted by atomic mass is 10.0. The summed E-state index contributed by atoms with van der Waals surface area (Å²) in [6, 6.07) is 0.132. The van der Waals surface area contributed by atoms with Crippen molar-refractivity contribution in [1.82, 2.24) is 4.90 Å². The van der Waals surface area contributed by atoms with Gasteiger partial charge in [-0.15, -0.1) is 0 Å². The Morgan fingerprint density at radius 2 is 1.74 bits per heavy atom. The number of aliphatic carboxylic acids is 1. The van der Waals surface area contributed by atoms with E-state index in [1.807, 2.05) is 0 Å². The molecule has 1 aliphatic heterocycles. The number of unbranched alkanes of at least 4 members (excludes halogenated alkanes) is 7. The number of aliphatic imine (C=N–C) groups is 1. The molecule has 0 amide bonds. The molecule has 0 aromatic carbocycles. The van der Waals surface area contributed by atoms with Crippen molar-refractivity contribution in [1.29, 1.82) is 0 Å². The second kappa shape index (κ2) is 12.4. The molecular formula is C19H36N2O2. The summed E-state index contributed by atoms with van der Waals surface area (Å²) in [4.78, 5) is 18.0. The van der Waals surface area contributed by atoms with E-state index in [0.29, 0.717) is 0 Å². The minimum Gasteiger partial charge on any atom is -0.481 e. The summed E-state index contributed by atoms with van der Waals surface area (Å²) in [7, 11) is 0. The standard InChI is InChI=1S/C19H36N2O2/c1-3-5-6-7-8-9-10-11-13-18-20-14-15-21(18)17(12-4-2)16-19(22)23/h17H,3-16H2,1-2H3,(H,22,23). The zero-order valence-corrected chi connectivity index (χ0v) is 15.2. The molecule has 0 bridgehead atoms. The van der Waals surface area contributed by atoms with E-state index in [9.17, 15) is 4.79 Å². The summed E-state index contributed by atoms with van der Waals surface area (Å²) in [5.41, 5.74) is 0. The van der Waals surface area contributed by atoms with E-state index in [1.165, 1.54) is 51.4 Å². The Kier molecular flexibility index (Phi) is 10.8. The van der Waals surface area contributed by atoms with Crippen LogP contribution in [0.5, 0.6) is 0 Å². The van der Waals surface area contributed by atoms with Gasteiger partial charge in [0.1, 0.15) is 0 Å². The molecule has 134 valence electrons. The van der Waals surface area contributed by atoms with Gasteiger partial charge in [0.2, 0.25) is 0 Å². The highest BCUT2D eigenvalue weighted by Gasteiger charge is 2.26. The van der Waals surface area contributed by atoms with Gasteiger partial charge in [-0.05, 0) is 12.8 Å². The van der Waals surface area contributed by atoms with Gasteiger partial charge in [-0.2, -0.15) is 0 Å². The third-order valence-corrected chi connectivity index (χ3v) is 4.69. The van der Waals surface area contributed by atoms with Crippen LogP contribution in [0.3, 0.4) is 0 Å². The third kappa shape index (κ3) is 8.38. The molecule has 0 saturated heterocycles. The van der Waals surface area contributed by atoms with Crippen molar-refractivity contribution in [3.8, 4) is 0 Å². The maximum Gasteiger partial charge on any atom is 0.305 e. The first-order chi connectivity index (χ1) is 11.2. The minimum absolute atomic E-state index is 0.132. The molecule has 0 aromatic rings. The van der Waals surface area contributed by atoms with Crippen molar-refractivity contribution in [3.05, 3.63) is 0 Å². The van der Waals surface area contributed by atoms with Gasteiger partial charge in [-0.25, -0.2) is 0 Å². The number of carboxylic acid groups (broad SMARTS) is 1. The number of hydrogen-bond acceptors (Lipinski definition) is 3. The van der Waals surface area contributed by atoms with Crippen LogP contribution in [0.1, 0.15) is 90.9 Å². The molecule has 0 radical (unpaired) electrons. The maximum absolute atomic E-state index is 11.1. The molecule has 0 aromatic heterocycles. The van der Waals surface area contributed by atoms with E-state index in [1.54, 1.807) is 0 Å². The summed E-state index contributed by atoms with van der Waals surface area (Å²) >= 11 is 0. The molecular weight excluding hydrogens is 288 g/mol. The fourth-order valence-corrected chi connectivity index (χ4v) is 3.44. The zero-order valence-electron chi connectivity index (χ0n) is 15.2. The summed E-state index contributed by atoms with van der Waals surface area (Å²) in [5.74, 6) is 0.470. The summed E-state index contributed by atoms with van der Waals surface area (Å²) in [6.07, 6.45) is 13.8. The molecule has 1 N–H and O–H groups in total. The molecule has 1 heterocycles. The Bertz CT molecular complexity index is 355. The number of nitrogens with zero attached hydrogens (tertiary/aromatic N) is 2. The Hall–Kier alpha value is -1.06. The molecule has 23 heavy (non-hydrogen) atoms. The summed E-state index contributed by atoms with van der Waals surface area (Å²) < 4.78 is 0. The largest absolute Gasteiger partial charge is 0.481 e. The van der Waals surface area contributed by atoms with Crippen molar-refractivity contribution in [2.75, 3.05) is 13.1 Å². The molecule has 1 aliphatic rings. The third-order valence-electron chi connectivity index (χ3n) is 4.69. The highest BCUT2D eigenvalue weighted by molar-refractivity contribution is 5.84. The van der Waals surface area contributed by atoms with Gasteiger partial charge in [0.05, 0.1) is 18.8 Å². The molecule has 1 unspecified atom stereocenters. The average Bonchev–Trinajstić information content (AvgIpc) is 2.97. The number of amidine groups is 1. The van der Waals surface area contributed by atoms with Crippen molar-refractivity contribution in [3.63, 3.8) is 0 Å². The van der Waals surface area contributed by atoms with E-state index in [-0.39, 0.29) is 12.5 Å². The lowest BCUT2D eigenvalue weighted by molar-refractivity contribution is -0.138. The summed E-state index contributed by atoms with van der Waals surface area (Å²) in [6.45, 7) is 6.13. The zero-order chi connectivity index (χ0) is 16.9. The molecule has 4 nitrogen and oxygen atoms in total. The molecule has 0 aliphatic carbocycles. The van der Waals surface area contributed by atoms with Gasteiger partial charge < -0.3 is 10.0 Å². The fraction of sp³-hybridized carbons (Fsp3) is 0.895. The SMILES string of the molecule is CCCCCCCCCCC1=NCCN1C(CCC)CC(=O)O. The van der Waals surface area contributed by atoms with Crippen molar-refractivity contribution < 1.29 is 9.90 Å². The van der Waals surface area contributed by atoms with Crippen LogP contribution < -0.4 is 0 Å². The first-order valence-electron chi connectivity index (χ1n) is 9.70. The van der Waals surface area contributed by atoms with Crippen molar-refractivity contribution in [2.24, 2.45) is 4.99 Å². The predicted molar refractivity (Wildman–Crippen MR) is 97.2 cm³/mol. The quantitative estimate of drug-likeness (QED) is 0.464. The first kappa shape index (κ1) is 20.0. The van der Waals surface area contributed by atoms with Crippen LogP contribution in [0.25, 0.3) is 0 Å². The molecule has 0 saturated carbocycles. The lowest BCUT2D eigenvalue weighted by Gasteiger charge is -2.29. The predicted octanol–water partition coefficient (Wildman–Crippen LogP) is 4.87. The number of rotatable bonds is 14. The Morgan fingerprint density at radius 3 is 2.35 bits per heavy atom. The fourth-order valence-electron chi connectivity index (χ4n) is 3.44. The van der Waals surface area contributed by atoms with E-state index in [0.717, 1.165) is 38.2 Å². The van der Waals surface area contributed by atoms with Gasteiger partial charge in [-0.1, -0.05) is 65.2 Å². The van der Waals surface area contributed by atoms with Crippen LogP contribution in [0.4, 0.5) is 0 Å². The average molecular weight is 325 g/mol. The second-order valence-corrected chi connectivity index (χ2v) is 6.76. The molecule has 0 spiro atoms. The summed E-state index contributed by atoms with van der Waals surface area (Å²) in [5, 5.41) is 9.13. The van der Waals surface area contributed by atoms with E-state index < -0.39 is 5.97 Å². The number of carbonyl (C=O) groups is 1. The topological polar surface area (TPSA) is 52.9 Å².